The lowest BCUT2D eigenvalue weighted by atomic mass is 9.83. The van der Waals surface area contributed by atoms with Crippen LogP contribution in [0.15, 0.2) is 24.3 Å². The highest BCUT2D eigenvalue weighted by molar-refractivity contribution is 5.97. The Labute approximate surface area is 133 Å². The van der Waals surface area contributed by atoms with Crippen LogP contribution in [0.5, 0.6) is 5.75 Å². The molecule has 1 aliphatic rings. The Morgan fingerprint density at radius 1 is 1.14 bits per heavy atom. The van der Waals surface area contributed by atoms with Crippen molar-refractivity contribution >= 4 is 11.6 Å². The molecule has 122 valence electrons. The third kappa shape index (κ3) is 4.23. The second-order valence-corrected chi connectivity index (χ2v) is 5.81. The van der Waals surface area contributed by atoms with E-state index in [1.54, 1.807) is 0 Å². The fourth-order valence-electron chi connectivity index (χ4n) is 2.90. The summed E-state index contributed by atoms with van der Waals surface area (Å²) in [4.78, 5) is 12.7. The number of hydrogen-bond acceptors (Lipinski definition) is 3. The molecular weight excluding hydrogens is 278 g/mol. The van der Waals surface area contributed by atoms with Gasteiger partial charge in [-0.3, -0.25) is 4.79 Å². The zero-order valence-corrected chi connectivity index (χ0v) is 13.7. The summed E-state index contributed by atoms with van der Waals surface area (Å²) in [5, 5.41) is 3.01. The molecule has 1 aliphatic carbocycles. The first kappa shape index (κ1) is 16.8. The second kappa shape index (κ2) is 8.18. The van der Waals surface area contributed by atoms with Gasteiger partial charge in [-0.05, 0) is 50.5 Å². The zero-order chi connectivity index (χ0) is 15.8. The van der Waals surface area contributed by atoms with Gasteiger partial charge in [0.25, 0.3) is 5.91 Å². The second-order valence-electron chi connectivity index (χ2n) is 5.81. The van der Waals surface area contributed by atoms with Crippen LogP contribution in [0.4, 0.5) is 5.69 Å². The Kier molecular flexibility index (Phi) is 6.25. The number of hydrogen-bond donors (Lipinski definition) is 1. The van der Waals surface area contributed by atoms with E-state index >= 15 is 0 Å². The third-order valence-electron chi connectivity index (χ3n) is 4.08. The van der Waals surface area contributed by atoms with Crippen LogP contribution < -0.4 is 10.1 Å². The predicted molar refractivity (Wildman–Crippen MR) is 88.3 cm³/mol. The molecule has 4 heteroatoms. The third-order valence-corrected chi connectivity index (χ3v) is 4.08. The maximum absolute atomic E-state index is 12.7. The molecule has 1 N–H and O–H groups in total. The molecule has 1 amide bonds. The van der Waals surface area contributed by atoms with Crippen molar-refractivity contribution in [3.63, 3.8) is 0 Å². The Hall–Kier alpha value is -1.55. The largest absolute Gasteiger partial charge is 0.494 e. The first-order chi connectivity index (χ1) is 10.7. The topological polar surface area (TPSA) is 47.6 Å². The number of rotatable bonds is 7. The Morgan fingerprint density at radius 2 is 1.82 bits per heavy atom. The summed E-state index contributed by atoms with van der Waals surface area (Å²) in [5.41, 5.74) is 0.144. The number of anilines is 1. The summed E-state index contributed by atoms with van der Waals surface area (Å²) in [5.74, 6) is 0.805. The SMILES string of the molecule is CCCOC1(C(=O)Nc2ccc(OCC)cc2)CCCCC1. The van der Waals surface area contributed by atoms with Gasteiger partial charge >= 0.3 is 0 Å². The van der Waals surface area contributed by atoms with Gasteiger partial charge < -0.3 is 14.8 Å². The molecule has 0 saturated heterocycles. The number of benzene rings is 1. The maximum atomic E-state index is 12.7. The van der Waals surface area contributed by atoms with E-state index in [1.165, 1.54) is 6.42 Å². The number of carbonyl (C=O) groups excluding carboxylic acids is 1. The van der Waals surface area contributed by atoms with Gasteiger partial charge in [-0.1, -0.05) is 26.2 Å². The molecule has 1 fully saturated rings. The molecule has 0 aliphatic heterocycles. The summed E-state index contributed by atoms with van der Waals surface area (Å²) in [6, 6.07) is 7.50. The summed E-state index contributed by atoms with van der Waals surface area (Å²) < 4.78 is 11.4. The Bertz CT molecular complexity index is 464. The normalized spacial score (nSPS) is 17.0. The summed E-state index contributed by atoms with van der Waals surface area (Å²) in [7, 11) is 0. The summed E-state index contributed by atoms with van der Waals surface area (Å²) in [6.45, 7) is 5.30. The van der Waals surface area contributed by atoms with Gasteiger partial charge in [-0.25, -0.2) is 0 Å². The minimum Gasteiger partial charge on any atom is -0.494 e. The molecule has 0 unspecified atom stereocenters. The van der Waals surface area contributed by atoms with Crippen LogP contribution in [0.3, 0.4) is 0 Å². The van der Waals surface area contributed by atoms with Crippen molar-refractivity contribution in [1.29, 1.82) is 0 Å². The van der Waals surface area contributed by atoms with Gasteiger partial charge in [-0.15, -0.1) is 0 Å². The van der Waals surface area contributed by atoms with Gasteiger partial charge in [0.05, 0.1) is 6.61 Å². The first-order valence-electron chi connectivity index (χ1n) is 8.38. The fraction of sp³-hybridized carbons (Fsp3) is 0.611. The lowest BCUT2D eigenvalue weighted by molar-refractivity contribution is -0.146. The molecule has 0 atom stereocenters. The van der Waals surface area contributed by atoms with Gasteiger partial charge in [0.15, 0.2) is 0 Å². The van der Waals surface area contributed by atoms with Gasteiger partial charge in [0, 0.05) is 12.3 Å². The summed E-state index contributed by atoms with van der Waals surface area (Å²) >= 11 is 0. The molecule has 1 aromatic carbocycles. The minimum absolute atomic E-state index is 0.00944. The molecule has 4 nitrogen and oxygen atoms in total. The maximum Gasteiger partial charge on any atom is 0.256 e. The van der Waals surface area contributed by atoms with Crippen molar-refractivity contribution in [3.05, 3.63) is 24.3 Å². The van der Waals surface area contributed by atoms with Crippen LogP contribution >= 0.6 is 0 Å². The predicted octanol–water partition coefficient (Wildman–Crippen LogP) is 4.15. The molecular formula is C18H27NO3. The number of nitrogens with one attached hydrogen (secondary N) is 1. The molecule has 22 heavy (non-hydrogen) atoms. The smallest absolute Gasteiger partial charge is 0.256 e. The van der Waals surface area contributed by atoms with Crippen LogP contribution in [0.25, 0.3) is 0 Å². The lowest BCUT2D eigenvalue weighted by Crippen LogP contribution is -2.47. The molecule has 1 saturated carbocycles. The standard InChI is InChI=1S/C18H27NO3/c1-3-14-22-18(12-6-5-7-13-18)17(20)19-15-8-10-16(11-9-15)21-4-2/h8-11H,3-7,12-14H2,1-2H3,(H,19,20). The molecule has 0 spiro atoms. The average molecular weight is 305 g/mol. The average Bonchev–Trinajstić information content (AvgIpc) is 2.56. The molecule has 0 radical (unpaired) electrons. The highest BCUT2D eigenvalue weighted by atomic mass is 16.5. The van der Waals surface area contributed by atoms with Crippen LogP contribution in [-0.2, 0) is 9.53 Å². The van der Waals surface area contributed by atoms with E-state index in [0.717, 1.165) is 43.5 Å². The Morgan fingerprint density at radius 3 is 2.41 bits per heavy atom. The highest BCUT2D eigenvalue weighted by Gasteiger charge is 2.40. The highest BCUT2D eigenvalue weighted by Crippen LogP contribution is 2.33. The van der Waals surface area contributed by atoms with E-state index < -0.39 is 5.60 Å². The molecule has 0 bridgehead atoms. The van der Waals surface area contributed by atoms with Crippen LogP contribution in [-0.4, -0.2) is 24.7 Å². The van der Waals surface area contributed by atoms with Crippen molar-refractivity contribution in [2.24, 2.45) is 0 Å². The quantitative estimate of drug-likeness (QED) is 0.823. The number of amides is 1. The number of carbonyl (C=O) groups is 1. The van der Waals surface area contributed by atoms with Crippen LogP contribution in [0.2, 0.25) is 0 Å². The number of ether oxygens (including phenoxy) is 2. The summed E-state index contributed by atoms with van der Waals surface area (Å²) in [6.07, 6.45) is 5.86. The molecule has 0 aromatic heterocycles. The van der Waals surface area contributed by atoms with E-state index in [1.807, 2.05) is 31.2 Å². The van der Waals surface area contributed by atoms with E-state index in [-0.39, 0.29) is 5.91 Å². The molecule has 1 aromatic rings. The van der Waals surface area contributed by atoms with Crippen LogP contribution in [0.1, 0.15) is 52.4 Å². The van der Waals surface area contributed by atoms with E-state index in [0.29, 0.717) is 13.2 Å². The van der Waals surface area contributed by atoms with Gasteiger partial charge in [0.1, 0.15) is 11.4 Å². The van der Waals surface area contributed by atoms with Crippen molar-refractivity contribution in [2.75, 3.05) is 18.5 Å². The first-order valence-corrected chi connectivity index (χ1v) is 8.38. The minimum atomic E-state index is -0.646. The Balaban J connectivity index is 2.03. The van der Waals surface area contributed by atoms with Crippen molar-refractivity contribution in [3.8, 4) is 5.75 Å². The molecule has 2 rings (SSSR count). The van der Waals surface area contributed by atoms with Crippen molar-refractivity contribution in [1.82, 2.24) is 0 Å². The lowest BCUT2D eigenvalue weighted by Gasteiger charge is -2.35. The van der Waals surface area contributed by atoms with E-state index in [2.05, 4.69) is 12.2 Å². The zero-order valence-electron chi connectivity index (χ0n) is 13.7. The van der Waals surface area contributed by atoms with Crippen molar-refractivity contribution in [2.45, 2.75) is 58.0 Å². The van der Waals surface area contributed by atoms with E-state index in [4.69, 9.17) is 9.47 Å². The van der Waals surface area contributed by atoms with Crippen molar-refractivity contribution < 1.29 is 14.3 Å². The monoisotopic (exact) mass is 305 g/mol. The fourth-order valence-corrected chi connectivity index (χ4v) is 2.90. The van der Waals surface area contributed by atoms with Gasteiger partial charge in [-0.2, -0.15) is 0 Å². The van der Waals surface area contributed by atoms with Crippen LogP contribution in [0, 0.1) is 0 Å². The molecule has 0 heterocycles. The van der Waals surface area contributed by atoms with Gasteiger partial charge in [0.2, 0.25) is 0 Å². The van der Waals surface area contributed by atoms with E-state index in [9.17, 15) is 4.79 Å².